The number of ether oxygens (including phenoxy) is 1. The fraction of sp³-hybridized carbons (Fsp3) is 0.429. The van der Waals surface area contributed by atoms with Crippen molar-refractivity contribution < 1.29 is 19.4 Å². The molecule has 0 bridgehead atoms. The summed E-state index contributed by atoms with van der Waals surface area (Å²) in [6.45, 7) is 1.08. The summed E-state index contributed by atoms with van der Waals surface area (Å²) in [5.74, 6) is -1.41. The second-order valence-corrected chi connectivity index (χ2v) is 6.02. The van der Waals surface area contributed by atoms with Crippen LogP contribution in [0.25, 0.3) is 0 Å². The van der Waals surface area contributed by atoms with Gasteiger partial charge >= 0.3 is 5.97 Å². The fourth-order valence-electron chi connectivity index (χ4n) is 2.37. The third-order valence-corrected chi connectivity index (χ3v) is 4.26. The number of hydrogen-bond donors (Lipinski definition) is 3. The van der Waals surface area contributed by atoms with Crippen molar-refractivity contribution in [3.05, 3.63) is 28.2 Å². The van der Waals surface area contributed by atoms with Gasteiger partial charge in [-0.15, -0.1) is 0 Å². The van der Waals surface area contributed by atoms with E-state index in [4.69, 9.17) is 10.5 Å². The van der Waals surface area contributed by atoms with E-state index in [1.54, 1.807) is 18.2 Å². The van der Waals surface area contributed by atoms with Crippen LogP contribution in [-0.4, -0.2) is 36.7 Å². The number of carboxylic acid groups (broad SMARTS) is 1. The first-order chi connectivity index (χ1) is 9.94. The molecule has 4 N–H and O–H groups in total. The highest BCUT2D eigenvalue weighted by Gasteiger charge is 2.40. The molecule has 1 aromatic carbocycles. The molecule has 1 amide bonds. The van der Waals surface area contributed by atoms with Gasteiger partial charge < -0.3 is 20.9 Å². The Balaban J connectivity index is 2.18. The van der Waals surface area contributed by atoms with Gasteiger partial charge in [0.2, 0.25) is 0 Å². The molecule has 2 rings (SSSR count). The molecule has 0 atom stereocenters. The number of halogens is 1. The van der Waals surface area contributed by atoms with E-state index in [1.807, 2.05) is 0 Å². The number of anilines is 1. The first kappa shape index (κ1) is 15.8. The summed E-state index contributed by atoms with van der Waals surface area (Å²) in [4.78, 5) is 23.0. The third-order valence-electron chi connectivity index (χ3n) is 3.77. The van der Waals surface area contributed by atoms with Crippen molar-refractivity contribution in [1.29, 1.82) is 0 Å². The van der Waals surface area contributed by atoms with Gasteiger partial charge in [-0.05, 0) is 31.0 Å². The first-order valence-electron chi connectivity index (χ1n) is 6.59. The lowest BCUT2D eigenvalue weighted by Gasteiger charge is -2.33. The lowest BCUT2D eigenvalue weighted by atomic mass is 9.80. The SMILES string of the molecule is NC(=O)c1cc(Br)ccc1NCC1(C(=O)O)CCOCC1. The zero-order chi connectivity index (χ0) is 15.5. The Kier molecular flexibility index (Phi) is 4.84. The number of nitrogens with two attached hydrogens (primary N) is 1. The molecule has 1 fully saturated rings. The maximum atomic E-state index is 11.6. The molecule has 0 radical (unpaired) electrons. The van der Waals surface area contributed by atoms with Crippen LogP contribution in [0.1, 0.15) is 23.2 Å². The van der Waals surface area contributed by atoms with Gasteiger partial charge in [0.05, 0.1) is 11.0 Å². The van der Waals surface area contributed by atoms with E-state index in [0.29, 0.717) is 37.3 Å². The number of rotatable bonds is 5. The highest BCUT2D eigenvalue weighted by atomic mass is 79.9. The van der Waals surface area contributed by atoms with Gasteiger partial charge in [-0.25, -0.2) is 0 Å². The number of hydrogen-bond acceptors (Lipinski definition) is 4. The molecule has 7 heteroatoms. The molecule has 1 aromatic rings. The van der Waals surface area contributed by atoms with Crippen molar-refractivity contribution in [1.82, 2.24) is 0 Å². The van der Waals surface area contributed by atoms with Crippen LogP contribution in [0.5, 0.6) is 0 Å². The van der Waals surface area contributed by atoms with Crippen LogP contribution in [-0.2, 0) is 9.53 Å². The number of benzene rings is 1. The van der Waals surface area contributed by atoms with Crippen molar-refractivity contribution in [2.24, 2.45) is 11.1 Å². The molecule has 6 nitrogen and oxygen atoms in total. The average molecular weight is 357 g/mol. The van der Waals surface area contributed by atoms with Crippen LogP contribution in [0.15, 0.2) is 22.7 Å². The van der Waals surface area contributed by atoms with Crippen LogP contribution in [0.4, 0.5) is 5.69 Å². The molecule has 0 unspecified atom stereocenters. The second-order valence-electron chi connectivity index (χ2n) is 5.11. The summed E-state index contributed by atoms with van der Waals surface area (Å²) >= 11 is 3.28. The molecule has 0 aromatic heterocycles. The molecule has 1 saturated heterocycles. The fourth-order valence-corrected chi connectivity index (χ4v) is 2.73. The van der Waals surface area contributed by atoms with Crippen molar-refractivity contribution in [2.75, 3.05) is 25.1 Å². The minimum absolute atomic E-state index is 0.230. The third kappa shape index (κ3) is 3.54. The molecular weight excluding hydrogens is 340 g/mol. The normalized spacial score (nSPS) is 17.2. The summed E-state index contributed by atoms with van der Waals surface area (Å²) in [7, 11) is 0. The van der Waals surface area contributed by atoms with Crippen molar-refractivity contribution in [2.45, 2.75) is 12.8 Å². The lowest BCUT2D eigenvalue weighted by molar-refractivity contribution is -0.153. The van der Waals surface area contributed by atoms with Crippen LogP contribution in [0.2, 0.25) is 0 Å². The summed E-state index contributed by atoms with van der Waals surface area (Å²) in [5, 5.41) is 12.6. The van der Waals surface area contributed by atoms with Crippen LogP contribution in [0.3, 0.4) is 0 Å². The number of amides is 1. The molecule has 21 heavy (non-hydrogen) atoms. The monoisotopic (exact) mass is 356 g/mol. The van der Waals surface area contributed by atoms with Gasteiger partial charge in [-0.3, -0.25) is 9.59 Å². The van der Waals surface area contributed by atoms with E-state index in [2.05, 4.69) is 21.2 Å². The highest BCUT2D eigenvalue weighted by molar-refractivity contribution is 9.10. The lowest BCUT2D eigenvalue weighted by Crippen LogP contribution is -2.42. The average Bonchev–Trinajstić information content (AvgIpc) is 2.46. The molecular formula is C14H17BrN2O4. The van der Waals surface area contributed by atoms with Crippen molar-refractivity contribution >= 4 is 33.5 Å². The van der Waals surface area contributed by atoms with Gasteiger partial charge in [0.1, 0.15) is 0 Å². The molecule has 1 aliphatic rings. The molecule has 0 saturated carbocycles. The summed E-state index contributed by atoms with van der Waals surface area (Å²) in [6.07, 6.45) is 0.884. The molecule has 0 spiro atoms. The van der Waals surface area contributed by atoms with Crippen molar-refractivity contribution in [3.63, 3.8) is 0 Å². The smallest absolute Gasteiger partial charge is 0.311 e. The quantitative estimate of drug-likeness (QED) is 0.746. The topological polar surface area (TPSA) is 102 Å². The predicted octanol–water partition coefficient (Wildman–Crippen LogP) is 1.84. The van der Waals surface area contributed by atoms with Crippen LogP contribution in [0, 0.1) is 5.41 Å². The zero-order valence-corrected chi connectivity index (χ0v) is 13.0. The number of aliphatic carboxylic acids is 1. The van der Waals surface area contributed by atoms with Gasteiger partial charge in [-0.2, -0.15) is 0 Å². The number of carboxylic acids is 1. The van der Waals surface area contributed by atoms with Crippen LogP contribution < -0.4 is 11.1 Å². The van der Waals surface area contributed by atoms with Gasteiger partial charge in [-0.1, -0.05) is 15.9 Å². The molecule has 114 valence electrons. The van der Waals surface area contributed by atoms with E-state index < -0.39 is 17.3 Å². The van der Waals surface area contributed by atoms with E-state index >= 15 is 0 Å². The Morgan fingerprint density at radius 1 is 1.38 bits per heavy atom. The predicted molar refractivity (Wildman–Crippen MR) is 81.3 cm³/mol. The number of carbonyl (C=O) groups is 2. The molecule has 1 aliphatic heterocycles. The maximum absolute atomic E-state index is 11.6. The molecule has 1 heterocycles. The summed E-state index contributed by atoms with van der Waals surface area (Å²) < 4.78 is 5.97. The Morgan fingerprint density at radius 2 is 2.05 bits per heavy atom. The largest absolute Gasteiger partial charge is 0.481 e. The van der Waals surface area contributed by atoms with Gasteiger partial charge in [0.25, 0.3) is 5.91 Å². The maximum Gasteiger partial charge on any atom is 0.311 e. The van der Waals surface area contributed by atoms with E-state index in [0.717, 1.165) is 4.47 Å². The van der Waals surface area contributed by atoms with Gasteiger partial charge in [0.15, 0.2) is 0 Å². The minimum atomic E-state index is -0.875. The van der Waals surface area contributed by atoms with E-state index in [-0.39, 0.29) is 6.54 Å². The second kappa shape index (κ2) is 6.44. The standard InChI is InChI=1S/C14H17BrN2O4/c15-9-1-2-11(10(7-9)12(16)18)17-8-14(13(19)20)3-5-21-6-4-14/h1-2,7,17H,3-6,8H2,(H2,16,18)(H,19,20). The Morgan fingerprint density at radius 3 is 2.62 bits per heavy atom. The Hall–Kier alpha value is -1.60. The first-order valence-corrected chi connectivity index (χ1v) is 7.38. The van der Waals surface area contributed by atoms with E-state index in [9.17, 15) is 14.7 Å². The highest BCUT2D eigenvalue weighted by Crippen LogP contribution is 2.32. The number of primary amides is 1. The van der Waals surface area contributed by atoms with E-state index in [1.165, 1.54) is 0 Å². The number of carbonyl (C=O) groups excluding carboxylic acids is 1. The van der Waals surface area contributed by atoms with Crippen molar-refractivity contribution in [3.8, 4) is 0 Å². The minimum Gasteiger partial charge on any atom is -0.481 e. The van der Waals surface area contributed by atoms with Crippen LogP contribution >= 0.6 is 15.9 Å². The summed E-state index contributed by atoms with van der Waals surface area (Å²) in [5.41, 5.74) is 5.34. The molecule has 0 aliphatic carbocycles. The summed E-state index contributed by atoms with van der Waals surface area (Å²) in [6, 6.07) is 5.09. The zero-order valence-electron chi connectivity index (χ0n) is 11.4. The Labute approximate surface area is 130 Å². The number of nitrogens with one attached hydrogen (secondary N) is 1. The van der Waals surface area contributed by atoms with Gasteiger partial charge in [0, 0.05) is 29.9 Å². The Bertz CT molecular complexity index is 556.